The molecule has 28 heavy (non-hydrogen) atoms. The summed E-state index contributed by atoms with van der Waals surface area (Å²) in [5.74, 6) is -0.528. The van der Waals surface area contributed by atoms with Crippen LogP contribution in [0.1, 0.15) is 42.4 Å². The summed E-state index contributed by atoms with van der Waals surface area (Å²) < 4.78 is 16.2. The number of amides is 1. The molecule has 1 atom stereocenters. The van der Waals surface area contributed by atoms with Gasteiger partial charge < -0.3 is 23.9 Å². The number of hydrogen-bond donors (Lipinski definition) is 1. The van der Waals surface area contributed by atoms with Crippen molar-refractivity contribution in [3.63, 3.8) is 0 Å². The van der Waals surface area contributed by atoms with E-state index >= 15 is 0 Å². The molecule has 1 aliphatic rings. The van der Waals surface area contributed by atoms with Crippen molar-refractivity contribution in [2.24, 2.45) is 0 Å². The molecule has 1 aliphatic heterocycles. The number of nitrogens with zero attached hydrogens (tertiary/aromatic N) is 1. The average molecular weight is 385 g/mol. The Morgan fingerprint density at radius 1 is 1.25 bits per heavy atom. The molecule has 7 heteroatoms. The lowest BCUT2D eigenvalue weighted by Crippen LogP contribution is -2.31. The molecular weight excluding hydrogens is 362 g/mol. The van der Waals surface area contributed by atoms with Crippen molar-refractivity contribution in [3.8, 4) is 11.5 Å². The molecule has 0 radical (unpaired) electrons. The first-order valence-corrected chi connectivity index (χ1v) is 9.16. The summed E-state index contributed by atoms with van der Waals surface area (Å²) >= 11 is 0. The minimum absolute atomic E-state index is 0.000940. The number of aliphatic hydroxyl groups is 1. The average Bonchev–Trinajstić information content (AvgIpc) is 3.31. The second-order valence-corrected chi connectivity index (χ2v) is 6.31. The molecule has 1 amide bonds. The fourth-order valence-corrected chi connectivity index (χ4v) is 3.38. The van der Waals surface area contributed by atoms with E-state index in [0.29, 0.717) is 36.6 Å². The molecule has 148 valence electrons. The third kappa shape index (κ3) is 3.35. The summed E-state index contributed by atoms with van der Waals surface area (Å²) in [6, 6.07) is 7.56. The first kappa shape index (κ1) is 19.5. The summed E-state index contributed by atoms with van der Waals surface area (Å²) in [4.78, 5) is 27.2. The molecular formula is C21H23NO6. The molecule has 2 aromatic rings. The van der Waals surface area contributed by atoms with Crippen molar-refractivity contribution in [3.05, 3.63) is 59.3 Å². The minimum atomic E-state index is -0.741. The van der Waals surface area contributed by atoms with Gasteiger partial charge in [-0.1, -0.05) is 13.0 Å². The number of furan rings is 1. The molecule has 3 rings (SSSR count). The van der Waals surface area contributed by atoms with Crippen LogP contribution in [0.5, 0.6) is 11.5 Å². The first-order chi connectivity index (χ1) is 13.5. The van der Waals surface area contributed by atoms with Crippen LogP contribution in [0, 0.1) is 0 Å². The molecule has 7 nitrogen and oxygen atoms in total. The van der Waals surface area contributed by atoms with Crippen molar-refractivity contribution in [2.75, 3.05) is 20.3 Å². The molecule has 1 aromatic carbocycles. The van der Waals surface area contributed by atoms with Crippen molar-refractivity contribution < 1.29 is 28.6 Å². The van der Waals surface area contributed by atoms with Gasteiger partial charge in [-0.15, -0.1) is 0 Å². The predicted molar refractivity (Wildman–Crippen MR) is 102 cm³/mol. The summed E-state index contributed by atoms with van der Waals surface area (Å²) in [6.07, 6.45) is 2.05. The number of methoxy groups -OCH3 is 1. The van der Waals surface area contributed by atoms with E-state index in [1.807, 2.05) is 13.8 Å². The molecule has 0 saturated heterocycles. The Labute approximate surface area is 163 Å². The van der Waals surface area contributed by atoms with Crippen LogP contribution in [-0.4, -0.2) is 42.0 Å². The number of rotatable bonds is 8. The van der Waals surface area contributed by atoms with Crippen molar-refractivity contribution >= 4 is 11.7 Å². The van der Waals surface area contributed by atoms with Crippen LogP contribution in [0.2, 0.25) is 0 Å². The fraction of sp³-hybridized carbons (Fsp3) is 0.333. The number of carbonyl (C=O) groups excluding carboxylic acids is 2. The highest BCUT2D eigenvalue weighted by Crippen LogP contribution is 2.41. The Morgan fingerprint density at radius 2 is 2.04 bits per heavy atom. The molecule has 2 heterocycles. The highest BCUT2D eigenvalue weighted by atomic mass is 16.5. The quantitative estimate of drug-likeness (QED) is 0.698. The van der Waals surface area contributed by atoms with Gasteiger partial charge in [0.2, 0.25) is 5.78 Å². The van der Waals surface area contributed by atoms with Gasteiger partial charge in [0.15, 0.2) is 23.0 Å². The maximum atomic E-state index is 13.0. The summed E-state index contributed by atoms with van der Waals surface area (Å²) in [5.41, 5.74) is 0.644. The maximum Gasteiger partial charge on any atom is 0.290 e. The molecule has 0 bridgehead atoms. The van der Waals surface area contributed by atoms with Crippen LogP contribution < -0.4 is 9.47 Å². The zero-order chi connectivity index (χ0) is 20.3. The van der Waals surface area contributed by atoms with Crippen LogP contribution in [-0.2, 0) is 4.79 Å². The SMILES string of the molecule is CCCN1C(=O)C(O)=C(C(=O)c2ccco2)C1c1ccc(OC)c(OCC)c1. The monoisotopic (exact) mass is 385 g/mol. The Balaban J connectivity index is 2.12. The molecule has 0 aliphatic carbocycles. The fourth-order valence-electron chi connectivity index (χ4n) is 3.38. The number of aliphatic hydroxyl groups excluding tert-OH is 1. The number of benzene rings is 1. The van der Waals surface area contributed by atoms with E-state index in [1.54, 1.807) is 24.3 Å². The van der Waals surface area contributed by atoms with Gasteiger partial charge in [-0.2, -0.15) is 0 Å². The minimum Gasteiger partial charge on any atom is -0.503 e. The number of hydrogen-bond acceptors (Lipinski definition) is 6. The largest absolute Gasteiger partial charge is 0.503 e. The molecule has 1 unspecified atom stereocenters. The van der Waals surface area contributed by atoms with E-state index in [1.165, 1.54) is 24.3 Å². The summed E-state index contributed by atoms with van der Waals surface area (Å²) in [5, 5.41) is 10.5. The second kappa shape index (κ2) is 8.21. The second-order valence-electron chi connectivity index (χ2n) is 6.31. The lowest BCUT2D eigenvalue weighted by molar-refractivity contribution is -0.129. The zero-order valence-corrected chi connectivity index (χ0v) is 16.1. The number of Topliss-reactive ketones (excluding diaryl/α,β-unsaturated/α-hetero) is 1. The zero-order valence-electron chi connectivity index (χ0n) is 16.1. The van der Waals surface area contributed by atoms with Gasteiger partial charge in [-0.3, -0.25) is 9.59 Å². The Hall–Kier alpha value is -3.22. The molecule has 0 saturated carbocycles. The van der Waals surface area contributed by atoms with Crippen LogP contribution in [0.25, 0.3) is 0 Å². The third-order valence-corrected chi connectivity index (χ3v) is 4.56. The van der Waals surface area contributed by atoms with Gasteiger partial charge in [0.25, 0.3) is 5.91 Å². The van der Waals surface area contributed by atoms with Crippen molar-refractivity contribution in [1.29, 1.82) is 0 Å². The highest BCUT2D eigenvalue weighted by Gasteiger charge is 2.44. The van der Waals surface area contributed by atoms with Crippen LogP contribution >= 0.6 is 0 Å². The van der Waals surface area contributed by atoms with E-state index in [4.69, 9.17) is 13.9 Å². The van der Waals surface area contributed by atoms with Crippen molar-refractivity contribution in [1.82, 2.24) is 4.90 Å². The summed E-state index contributed by atoms with van der Waals surface area (Å²) in [6.45, 7) is 4.60. The third-order valence-electron chi connectivity index (χ3n) is 4.56. The van der Waals surface area contributed by atoms with Gasteiger partial charge in [0, 0.05) is 6.54 Å². The van der Waals surface area contributed by atoms with Gasteiger partial charge in [-0.05, 0) is 43.2 Å². The predicted octanol–water partition coefficient (Wildman–Crippen LogP) is 3.68. The normalized spacial score (nSPS) is 16.6. The molecule has 1 N–H and O–H groups in total. The molecule has 1 aromatic heterocycles. The molecule has 0 spiro atoms. The van der Waals surface area contributed by atoms with Gasteiger partial charge in [0.05, 0.1) is 31.6 Å². The first-order valence-electron chi connectivity index (χ1n) is 9.16. The number of carbonyl (C=O) groups is 2. The number of ether oxygens (including phenoxy) is 2. The number of ketones is 1. The van der Waals surface area contributed by atoms with E-state index in [0.717, 1.165) is 0 Å². The Morgan fingerprint density at radius 3 is 2.64 bits per heavy atom. The van der Waals surface area contributed by atoms with E-state index in [2.05, 4.69) is 0 Å². The lowest BCUT2D eigenvalue weighted by Gasteiger charge is -2.26. The Bertz CT molecular complexity index is 900. The highest BCUT2D eigenvalue weighted by molar-refractivity contribution is 6.15. The van der Waals surface area contributed by atoms with Gasteiger partial charge in [-0.25, -0.2) is 0 Å². The van der Waals surface area contributed by atoms with Crippen LogP contribution in [0.4, 0.5) is 0 Å². The van der Waals surface area contributed by atoms with Gasteiger partial charge in [0.1, 0.15) is 0 Å². The van der Waals surface area contributed by atoms with E-state index in [9.17, 15) is 14.7 Å². The van der Waals surface area contributed by atoms with Crippen LogP contribution in [0.15, 0.2) is 52.3 Å². The Kier molecular flexibility index (Phi) is 5.73. The maximum absolute atomic E-state index is 13.0. The standard InChI is InChI=1S/C21H23NO6/c1-4-10-22-18(13-8-9-14(26-3)16(12-13)27-5-2)17(20(24)21(22)25)19(23)15-7-6-11-28-15/h6-9,11-12,18,24H,4-5,10H2,1-3H3. The van der Waals surface area contributed by atoms with E-state index in [-0.39, 0.29) is 11.3 Å². The smallest absolute Gasteiger partial charge is 0.290 e. The summed E-state index contributed by atoms with van der Waals surface area (Å²) in [7, 11) is 1.54. The van der Waals surface area contributed by atoms with Crippen molar-refractivity contribution in [2.45, 2.75) is 26.3 Å². The van der Waals surface area contributed by atoms with Crippen LogP contribution in [0.3, 0.4) is 0 Å². The lowest BCUT2D eigenvalue weighted by atomic mass is 9.94. The van der Waals surface area contributed by atoms with E-state index < -0.39 is 23.5 Å². The van der Waals surface area contributed by atoms with Gasteiger partial charge >= 0.3 is 0 Å². The topological polar surface area (TPSA) is 89.2 Å². The molecule has 0 fully saturated rings.